The van der Waals surface area contributed by atoms with Crippen molar-refractivity contribution < 1.29 is 9.53 Å². The number of unbranched alkanes of at least 4 members (excludes halogenated alkanes) is 1. The van der Waals surface area contributed by atoms with Gasteiger partial charge in [0.25, 0.3) is 0 Å². The van der Waals surface area contributed by atoms with E-state index in [0.29, 0.717) is 25.2 Å². The molecule has 0 aliphatic heterocycles. The zero-order chi connectivity index (χ0) is 11.8. The van der Waals surface area contributed by atoms with Gasteiger partial charge in [0.15, 0.2) is 5.78 Å². The normalized spacial score (nSPS) is 9.75. The van der Waals surface area contributed by atoms with E-state index < -0.39 is 0 Å². The molecule has 0 spiro atoms. The minimum atomic E-state index is 0.0614. The first kappa shape index (κ1) is 12.4. The number of hydrogen-bond acceptors (Lipinski definition) is 3. The molecule has 1 aromatic rings. The molecular weight excluding hydrogens is 202 g/mol. The van der Waals surface area contributed by atoms with Crippen LogP contribution in [0.1, 0.15) is 35.7 Å². The predicted molar refractivity (Wildman–Crippen MR) is 60.9 cm³/mol. The summed E-state index contributed by atoms with van der Waals surface area (Å²) in [5.41, 5.74) is 1.70. The quantitative estimate of drug-likeness (QED) is 0.543. The third kappa shape index (κ3) is 4.24. The van der Waals surface area contributed by atoms with Crippen molar-refractivity contribution in [3.8, 4) is 6.07 Å². The minimum absolute atomic E-state index is 0.0614. The number of benzene rings is 1. The first-order valence-corrected chi connectivity index (χ1v) is 5.28. The molecule has 0 atom stereocenters. The van der Waals surface area contributed by atoms with Crippen molar-refractivity contribution in [3.05, 3.63) is 35.4 Å². The van der Waals surface area contributed by atoms with Crippen LogP contribution in [0.25, 0.3) is 0 Å². The molecule has 0 saturated carbocycles. The van der Waals surface area contributed by atoms with E-state index in [4.69, 9.17) is 10.00 Å². The highest BCUT2D eigenvalue weighted by Crippen LogP contribution is 2.07. The van der Waals surface area contributed by atoms with E-state index in [1.54, 1.807) is 13.0 Å². The second-order valence-electron chi connectivity index (χ2n) is 3.57. The van der Waals surface area contributed by atoms with Gasteiger partial charge in [-0.25, -0.2) is 0 Å². The van der Waals surface area contributed by atoms with Crippen LogP contribution in [-0.2, 0) is 11.3 Å². The zero-order valence-electron chi connectivity index (χ0n) is 9.40. The molecule has 0 aliphatic carbocycles. The molecule has 0 aromatic heterocycles. The van der Waals surface area contributed by atoms with Gasteiger partial charge in [-0.1, -0.05) is 18.2 Å². The fraction of sp³-hybridized carbons (Fsp3) is 0.385. The number of rotatable bonds is 6. The van der Waals surface area contributed by atoms with Crippen molar-refractivity contribution in [2.75, 3.05) is 6.61 Å². The second kappa shape index (κ2) is 6.76. The van der Waals surface area contributed by atoms with Crippen molar-refractivity contribution in [1.82, 2.24) is 0 Å². The number of carbonyl (C=O) groups excluding carboxylic acids is 1. The topological polar surface area (TPSA) is 50.1 Å². The standard InChI is InChI=1S/C13H15NO2/c1-11(15)13-6-4-5-12(9-13)10-16-8-3-2-7-14/h4-6,9H,2-3,8,10H2,1H3. The summed E-state index contributed by atoms with van der Waals surface area (Å²) in [5.74, 6) is 0.0614. The summed E-state index contributed by atoms with van der Waals surface area (Å²) in [7, 11) is 0. The van der Waals surface area contributed by atoms with Crippen LogP contribution in [0.15, 0.2) is 24.3 Å². The van der Waals surface area contributed by atoms with Gasteiger partial charge in [0, 0.05) is 18.6 Å². The Morgan fingerprint density at radius 3 is 3.00 bits per heavy atom. The van der Waals surface area contributed by atoms with Gasteiger partial charge in [0.2, 0.25) is 0 Å². The number of nitriles is 1. The van der Waals surface area contributed by atoms with Crippen molar-refractivity contribution in [1.29, 1.82) is 5.26 Å². The lowest BCUT2D eigenvalue weighted by molar-refractivity contribution is 0.101. The monoisotopic (exact) mass is 217 g/mol. The minimum Gasteiger partial charge on any atom is -0.377 e. The summed E-state index contributed by atoms with van der Waals surface area (Å²) in [4.78, 5) is 11.1. The maximum atomic E-state index is 11.1. The number of hydrogen-bond donors (Lipinski definition) is 0. The van der Waals surface area contributed by atoms with Gasteiger partial charge in [-0.3, -0.25) is 4.79 Å². The van der Waals surface area contributed by atoms with Gasteiger partial charge in [-0.15, -0.1) is 0 Å². The second-order valence-corrected chi connectivity index (χ2v) is 3.57. The van der Waals surface area contributed by atoms with E-state index in [-0.39, 0.29) is 5.78 Å². The van der Waals surface area contributed by atoms with Gasteiger partial charge in [0.05, 0.1) is 12.7 Å². The fourth-order valence-electron chi connectivity index (χ4n) is 1.32. The molecule has 0 heterocycles. The van der Waals surface area contributed by atoms with Gasteiger partial charge >= 0.3 is 0 Å². The van der Waals surface area contributed by atoms with E-state index in [1.165, 1.54) is 0 Å². The number of nitrogens with zero attached hydrogens (tertiary/aromatic N) is 1. The molecule has 1 rings (SSSR count). The summed E-state index contributed by atoms with van der Waals surface area (Å²) < 4.78 is 5.39. The number of ether oxygens (including phenoxy) is 1. The Bertz CT molecular complexity index is 393. The van der Waals surface area contributed by atoms with Crippen molar-refractivity contribution in [3.63, 3.8) is 0 Å². The predicted octanol–water partition coefficient (Wildman–Crippen LogP) is 2.71. The number of carbonyl (C=O) groups is 1. The van der Waals surface area contributed by atoms with E-state index in [2.05, 4.69) is 6.07 Å². The molecule has 0 N–H and O–H groups in total. The van der Waals surface area contributed by atoms with Crippen molar-refractivity contribution in [2.24, 2.45) is 0 Å². The molecule has 84 valence electrons. The Kier molecular flexibility index (Phi) is 5.24. The highest BCUT2D eigenvalue weighted by molar-refractivity contribution is 5.94. The van der Waals surface area contributed by atoms with E-state index in [1.807, 2.05) is 18.2 Å². The van der Waals surface area contributed by atoms with E-state index in [9.17, 15) is 4.79 Å². The van der Waals surface area contributed by atoms with Crippen molar-refractivity contribution >= 4 is 5.78 Å². The average molecular weight is 217 g/mol. The zero-order valence-corrected chi connectivity index (χ0v) is 9.40. The molecule has 0 radical (unpaired) electrons. The van der Waals surface area contributed by atoms with Gasteiger partial charge in [-0.05, 0) is 25.0 Å². The smallest absolute Gasteiger partial charge is 0.159 e. The SMILES string of the molecule is CC(=O)c1cccc(COCCCC#N)c1. The Balaban J connectivity index is 2.39. The molecule has 0 fully saturated rings. The van der Waals surface area contributed by atoms with Gasteiger partial charge < -0.3 is 4.74 Å². The van der Waals surface area contributed by atoms with Gasteiger partial charge in [0.1, 0.15) is 0 Å². The van der Waals surface area contributed by atoms with Crippen LogP contribution in [0.3, 0.4) is 0 Å². The number of ketones is 1. The maximum absolute atomic E-state index is 11.1. The molecule has 3 nitrogen and oxygen atoms in total. The maximum Gasteiger partial charge on any atom is 0.159 e. The highest BCUT2D eigenvalue weighted by Gasteiger charge is 2.00. The Morgan fingerprint density at radius 2 is 2.31 bits per heavy atom. The molecule has 0 bridgehead atoms. The molecule has 0 aliphatic rings. The van der Waals surface area contributed by atoms with Crippen LogP contribution >= 0.6 is 0 Å². The van der Waals surface area contributed by atoms with Gasteiger partial charge in [-0.2, -0.15) is 5.26 Å². The van der Waals surface area contributed by atoms with Crippen LogP contribution < -0.4 is 0 Å². The molecule has 3 heteroatoms. The largest absolute Gasteiger partial charge is 0.377 e. The van der Waals surface area contributed by atoms with E-state index in [0.717, 1.165) is 12.0 Å². The van der Waals surface area contributed by atoms with Crippen LogP contribution in [0, 0.1) is 11.3 Å². The number of Topliss-reactive ketones (excluding diaryl/α,β-unsaturated/α-hetero) is 1. The third-order valence-corrected chi connectivity index (χ3v) is 2.18. The molecular formula is C13H15NO2. The third-order valence-electron chi connectivity index (χ3n) is 2.18. The van der Waals surface area contributed by atoms with Crippen LogP contribution in [0.5, 0.6) is 0 Å². The van der Waals surface area contributed by atoms with E-state index >= 15 is 0 Å². The Hall–Kier alpha value is -1.66. The van der Waals surface area contributed by atoms with Crippen molar-refractivity contribution in [2.45, 2.75) is 26.4 Å². The summed E-state index contributed by atoms with van der Waals surface area (Å²) >= 11 is 0. The Morgan fingerprint density at radius 1 is 1.50 bits per heavy atom. The summed E-state index contributed by atoms with van der Waals surface area (Å²) in [6.45, 7) is 2.62. The summed E-state index contributed by atoms with van der Waals surface area (Å²) in [6, 6.07) is 9.48. The molecule has 1 aromatic carbocycles. The first-order valence-electron chi connectivity index (χ1n) is 5.28. The molecule has 16 heavy (non-hydrogen) atoms. The lowest BCUT2D eigenvalue weighted by Gasteiger charge is -2.04. The van der Waals surface area contributed by atoms with Crippen LogP contribution in [0.2, 0.25) is 0 Å². The molecule has 0 amide bonds. The highest BCUT2D eigenvalue weighted by atomic mass is 16.5. The summed E-state index contributed by atoms with van der Waals surface area (Å²) in [6.07, 6.45) is 1.27. The summed E-state index contributed by atoms with van der Waals surface area (Å²) in [5, 5.41) is 8.34. The average Bonchev–Trinajstić information content (AvgIpc) is 2.29. The Labute approximate surface area is 95.7 Å². The van der Waals surface area contributed by atoms with Crippen LogP contribution in [-0.4, -0.2) is 12.4 Å². The fourth-order valence-corrected chi connectivity index (χ4v) is 1.32. The molecule has 0 unspecified atom stereocenters. The lowest BCUT2D eigenvalue weighted by Crippen LogP contribution is -1.98. The molecule has 0 saturated heterocycles. The van der Waals surface area contributed by atoms with Crippen LogP contribution in [0.4, 0.5) is 0 Å². The lowest BCUT2D eigenvalue weighted by atomic mass is 10.1. The first-order chi connectivity index (χ1) is 7.74.